The number of carboxylic acid groups (broad SMARTS) is 1. The van der Waals surface area contributed by atoms with Crippen molar-refractivity contribution in [3.8, 4) is 0 Å². The van der Waals surface area contributed by atoms with Gasteiger partial charge in [0.15, 0.2) is 0 Å². The lowest BCUT2D eigenvalue weighted by molar-refractivity contribution is -0.142. The van der Waals surface area contributed by atoms with Crippen LogP contribution in [0.4, 0.5) is 0 Å². The highest BCUT2D eigenvalue weighted by molar-refractivity contribution is 7.90. The molecule has 128 valence electrons. The van der Waals surface area contributed by atoms with Crippen molar-refractivity contribution in [3.05, 3.63) is 0 Å². The fraction of sp³-hybridized carbons (Fsp3) is 0.867. The minimum Gasteiger partial charge on any atom is -0.480 e. The molecule has 1 amide bonds. The quantitative estimate of drug-likeness (QED) is 0.702. The van der Waals surface area contributed by atoms with Crippen LogP contribution in [0, 0.1) is 10.8 Å². The summed E-state index contributed by atoms with van der Waals surface area (Å²) in [5.41, 5.74) is -0.489. The molecule has 0 aromatic carbocycles. The Balaban J connectivity index is 2.56. The Morgan fingerprint density at radius 1 is 1.27 bits per heavy atom. The summed E-state index contributed by atoms with van der Waals surface area (Å²) < 4.78 is 22.8. The number of aliphatic carboxylic acids is 1. The largest absolute Gasteiger partial charge is 0.480 e. The number of amides is 1. The van der Waals surface area contributed by atoms with Crippen molar-refractivity contribution < 1.29 is 23.1 Å². The van der Waals surface area contributed by atoms with Crippen LogP contribution in [-0.4, -0.2) is 43.5 Å². The maximum Gasteiger partial charge on any atom is 0.326 e. The zero-order valence-electron chi connectivity index (χ0n) is 13.8. The van der Waals surface area contributed by atoms with Crippen LogP contribution in [0.5, 0.6) is 0 Å². The molecule has 0 heterocycles. The summed E-state index contributed by atoms with van der Waals surface area (Å²) in [5.74, 6) is -1.43. The monoisotopic (exact) mass is 333 g/mol. The third kappa shape index (κ3) is 7.24. The normalized spacial score (nSPS) is 18.5. The van der Waals surface area contributed by atoms with Gasteiger partial charge in [0.05, 0.1) is 5.75 Å². The van der Waals surface area contributed by atoms with Gasteiger partial charge in [-0.25, -0.2) is 13.2 Å². The van der Waals surface area contributed by atoms with Gasteiger partial charge in [-0.1, -0.05) is 20.8 Å². The van der Waals surface area contributed by atoms with Gasteiger partial charge >= 0.3 is 5.97 Å². The molecule has 1 saturated carbocycles. The van der Waals surface area contributed by atoms with Crippen molar-refractivity contribution in [3.63, 3.8) is 0 Å². The van der Waals surface area contributed by atoms with E-state index in [0.717, 1.165) is 6.26 Å². The lowest BCUT2D eigenvalue weighted by Gasteiger charge is -2.22. The van der Waals surface area contributed by atoms with Gasteiger partial charge in [-0.15, -0.1) is 0 Å². The van der Waals surface area contributed by atoms with Gasteiger partial charge in [0.1, 0.15) is 15.9 Å². The summed E-state index contributed by atoms with van der Waals surface area (Å²) in [5, 5.41) is 11.7. The maximum atomic E-state index is 12.1. The number of rotatable bonds is 8. The van der Waals surface area contributed by atoms with E-state index in [1.165, 1.54) is 0 Å². The molecule has 1 aliphatic carbocycles. The predicted octanol–water partition coefficient (Wildman–Crippen LogP) is 1.60. The van der Waals surface area contributed by atoms with E-state index in [1.807, 2.05) is 20.8 Å². The molecule has 0 aromatic heterocycles. The zero-order chi connectivity index (χ0) is 17.2. The number of nitrogens with one attached hydrogen (secondary N) is 1. The zero-order valence-corrected chi connectivity index (χ0v) is 14.6. The molecule has 7 heteroatoms. The molecule has 2 N–H and O–H groups in total. The summed E-state index contributed by atoms with van der Waals surface area (Å²) in [7, 11) is -3.14. The van der Waals surface area contributed by atoms with E-state index in [0.29, 0.717) is 25.7 Å². The van der Waals surface area contributed by atoms with Gasteiger partial charge < -0.3 is 10.4 Å². The van der Waals surface area contributed by atoms with Gasteiger partial charge in [0.25, 0.3) is 0 Å². The van der Waals surface area contributed by atoms with Crippen LogP contribution in [0.1, 0.15) is 52.9 Å². The van der Waals surface area contributed by atoms with Crippen molar-refractivity contribution >= 4 is 21.7 Å². The molecule has 1 rings (SSSR count). The minimum atomic E-state index is -3.14. The predicted molar refractivity (Wildman–Crippen MR) is 84.3 cm³/mol. The van der Waals surface area contributed by atoms with Crippen LogP contribution < -0.4 is 5.32 Å². The SMILES string of the molecule is CC(C)(C)CCC(NC(=O)CC1(CS(C)(=O)=O)CC1)C(=O)O. The molecule has 22 heavy (non-hydrogen) atoms. The second-order valence-electron chi connectivity index (χ2n) is 7.80. The van der Waals surface area contributed by atoms with Crippen LogP contribution in [0.3, 0.4) is 0 Å². The molecular weight excluding hydrogens is 306 g/mol. The smallest absolute Gasteiger partial charge is 0.326 e. The fourth-order valence-electron chi connectivity index (χ4n) is 2.53. The molecule has 0 aliphatic heterocycles. The summed E-state index contributed by atoms with van der Waals surface area (Å²) in [6.45, 7) is 6.04. The Bertz CT molecular complexity index is 529. The van der Waals surface area contributed by atoms with E-state index >= 15 is 0 Å². The topological polar surface area (TPSA) is 101 Å². The van der Waals surface area contributed by atoms with Crippen LogP contribution in [0.2, 0.25) is 0 Å². The van der Waals surface area contributed by atoms with E-state index < -0.39 is 27.3 Å². The van der Waals surface area contributed by atoms with Crippen molar-refractivity contribution in [1.82, 2.24) is 5.32 Å². The van der Waals surface area contributed by atoms with Crippen molar-refractivity contribution in [1.29, 1.82) is 0 Å². The van der Waals surface area contributed by atoms with Gasteiger partial charge in [-0.05, 0) is 36.5 Å². The number of hydrogen-bond donors (Lipinski definition) is 2. The average Bonchev–Trinajstić information content (AvgIpc) is 2.99. The molecule has 6 nitrogen and oxygen atoms in total. The van der Waals surface area contributed by atoms with E-state index in [2.05, 4.69) is 5.32 Å². The Morgan fingerprint density at radius 2 is 1.82 bits per heavy atom. The third-order valence-corrected chi connectivity index (χ3v) is 5.01. The minimum absolute atomic E-state index is 0.00680. The van der Waals surface area contributed by atoms with Gasteiger partial charge in [0.2, 0.25) is 5.91 Å². The average molecular weight is 333 g/mol. The highest BCUT2D eigenvalue weighted by atomic mass is 32.2. The van der Waals surface area contributed by atoms with Gasteiger partial charge in [0, 0.05) is 12.7 Å². The molecule has 1 atom stereocenters. The van der Waals surface area contributed by atoms with Crippen LogP contribution in [0.15, 0.2) is 0 Å². The first-order chi connectivity index (χ1) is 9.82. The number of hydrogen-bond acceptors (Lipinski definition) is 4. The summed E-state index contributed by atoms with van der Waals surface area (Å²) in [4.78, 5) is 23.3. The summed E-state index contributed by atoms with van der Waals surface area (Å²) in [6, 6.07) is -0.916. The summed E-state index contributed by atoms with van der Waals surface area (Å²) >= 11 is 0. The summed E-state index contributed by atoms with van der Waals surface area (Å²) in [6.07, 6.45) is 3.69. The highest BCUT2D eigenvalue weighted by Crippen LogP contribution is 2.49. The number of carbonyl (C=O) groups is 2. The standard InChI is InChI=1S/C15H27NO5S/c1-14(2,3)6-5-11(13(18)19)16-12(17)9-15(7-8-15)10-22(4,20)21/h11H,5-10H2,1-4H3,(H,16,17)(H,18,19). The van der Waals surface area contributed by atoms with E-state index in [4.69, 9.17) is 0 Å². The molecule has 0 radical (unpaired) electrons. The lowest BCUT2D eigenvalue weighted by Crippen LogP contribution is -2.42. The molecule has 1 unspecified atom stereocenters. The van der Waals surface area contributed by atoms with E-state index in [-0.39, 0.29) is 23.5 Å². The Morgan fingerprint density at radius 3 is 2.18 bits per heavy atom. The molecule has 1 fully saturated rings. The third-order valence-electron chi connectivity index (χ3n) is 3.88. The Labute approximate surface area is 132 Å². The van der Waals surface area contributed by atoms with Crippen LogP contribution >= 0.6 is 0 Å². The second-order valence-corrected chi connectivity index (χ2v) is 9.94. The fourth-order valence-corrected chi connectivity index (χ4v) is 4.03. The van der Waals surface area contributed by atoms with Crippen molar-refractivity contribution in [2.45, 2.75) is 58.9 Å². The number of carbonyl (C=O) groups excluding carboxylic acids is 1. The lowest BCUT2D eigenvalue weighted by atomic mass is 9.88. The van der Waals surface area contributed by atoms with E-state index in [1.54, 1.807) is 0 Å². The maximum absolute atomic E-state index is 12.1. The highest BCUT2D eigenvalue weighted by Gasteiger charge is 2.46. The van der Waals surface area contributed by atoms with Gasteiger partial charge in [-0.2, -0.15) is 0 Å². The molecule has 0 spiro atoms. The molecule has 1 aliphatic rings. The number of carboxylic acids is 1. The van der Waals surface area contributed by atoms with Crippen molar-refractivity contribution in [2.24, 2.45) is 10.8 Å². The van der Waals surface area contributed by atoms with Crippen molar-refractivity contribution in [2.75, 3.05) is 12.0 Å². The first kappa shape index (κ1) is 18.9. The molecular formula is C15H27NO5S. The Hall–Kier alpha value is -1.11. The second kappa shape index (κ2) is 6.56. The number of sulfone groups is 1. The first-order valence-corrected chi connectivity index (χ1v) is 9.58. The van der Waals surface area contributed by atoms with Crippen LogP contribution in [0.25, 0.3) is 0 Å². The van der Waals surface area contributed by atoms with E-state index in [9.17, 15) is 23.1 Å². The molecule has 0 saturated heterocycles. The van der Waals surface area contributed by atoms with Crippen LogP contribution in [-0.2, 0) is 19.4 Å². The molecule has 0 aromatic rings. The Kier molecular flexibility index (Phi) is 5.65. The molecule has 0 bridgehead atoms. The van der Waals surface area contributed by atoms with Gasteiger partial charge in [-0.3, -0.25) is 4.79 Å². The first-order valence-electron chi connectivity index (χ1n) is 7.52.